The Hall–Kier alpha value is -4.66. The first-order valence-corrected chi connectivity index (χ1v) is 10.2. The fraction of sp³-hybridized carbons (Fsp3) is 0.0833. The Bertz CT molecular complexity index is 1390. The zero-order chi connectivity index (χ0) is 22.6. The Balaban J connectivity index is 1.68. The molecule has 0 saturated carbocycles. The molecule has 0 amide bonds. The summed E-state index contributed by atoms with van der Waals surface area (Å²) in [5.41, 5.74) is 4.65. The highest BCUT2D eigenvalue weighted by Crippen LogP contribution is 2.37. The van der Waals surface area contributed by atoms with E-state index >= 15 is 0 Å². The Morgan fingerprint density at radius 3 is 2.24 bits per heavy atom. The number of hydrogen-bond acceptors (Lipinski definition) is 8. The molecule has 9 heteroatoms. The number of pyridine rings is 3. The van der Waals surface area contributed by atoms with Crippen molar-refractivity contribution in [1.29, 1.82) is 0 Å². The lowest BCUT2D eigenvalue weighted by Gasteiger charge is -2.16. The van der Waals surface area contributed by atoms with Gasteiger partial charge in [0.05, 0.1) is 12.8 Å². The normalized spacial score (nSPS) is 10.7. The van der Waals surface area contributed by atoms with Crippen LogP contribution in [-0.4, -0.2) is 41.8 Å². The average Bonchev–Trinajstić information content (AvgIpc) is 3.31. The van der Waals surface area contributed by atoms with Gasteiger partial charge < -0.3 is 10.1 Å². The SMILES string of the molecule is COc1c(Nc2ccncc2)nc(-c2ccncc2)nc1-c1ccnc(-c2ccn(C)n2)c1. The van der Waals surface area contributed by atoms with E-state index in [-0.39, 0.29) is 0 Å². The van der Waals surface area contributed by atoms with E-state index < -0.39 is 0 Å². The fourth-order valence-electron chi connectivity index (χ4n) is 3.40. The van der Waals surface area contributed by atoms with Crippen LogP contribution in [0.25, 0.3) is 34.0 Å². The Morgan fingerprint density at radius 1 is 0.818 bits per heavy atom. The molecule has 0 bridgehead atoms. The second-order valence-electron chi connectivity index (χ2n) is 7.18. The molecule has 0 radical (unpaired) electrons. The zero-order valence-corrected chi connectivity index (χ0v) is 18.0. The molecule has 0 aliphatic heterocycles. The minimum atomic E-state index is 0.516. The molecule has 0 unspecified atom stereocenters. The van der Waals surface area contributed by atoms with Gasteiger partial charge >= 0.3 is 0 Å². The predicted octanol–water partition coefficient (Wildman–Crippen LogP) is 4.15. The monoisotopic (exact) mass is 436 g/mol. The Labute approximate surface area is 190 Å². The van der Waals surface area contributed by atoms with Crippen molar-refractivity contribution in [3.63, 3.8) is 0 Å². The Morgan fingerprint density at radius 2 is 1.55 bits per heavy atom. The van der Waals surface area contributed by atoms with Gasteiger partial charge in [0.2, 0.25) is 0 Å². The van der Waals surface area contributed by atoms with E-state index in [9.17, 15) is 0 Å². The summed E-state index contributed by atoms with van der Waals surface area (Å²) in [7, 11) is 3.48. The molecule has 0 aliphatic rings. The standard InChI is InChI=1S/C24H20N8O/c1-32-14-8-19(31-32)20-15-17(5-13-27-20)21-22(33-2)24(28-18-6-11-26-12-7-18)30-23(29-21)16-3-9-25-10-4-16/h3-15H,1-2H3,(H,26,28,29,30). The van der Waals surface area contributed by atoms with Crippen molar-refractivity contribution >= 4 is 11.5 Å². The number of nitrogens with zero attached hydrogens (tertiary/aromatic N) is 7. The maximum absolute atomic E-state index is 5.79. The largest absolute Gasteiger partial charge is 0.491 e. The average molecular weight is 436 g/mol. The van der Waals surface area contributed by atoms with E-state index in [2.05, 4.69) is 25.4 Å². The molecule has 162 valence electrons. The van der Waals surface area contributed by atoms with Crippen molar-refractivity contribution in [3.05, 3.63) is 79.6 Å². The second kappa shape index (κ2) is 8.83. The van der Waals surface area contributed by atoms with Gasteiger partial charge in [0, 0.05) is 61.0 Å². The molecule has 0 spiro atoms. The van der Waals surface area contributed by atoms with E-state index in [0.717, 1.165) is 28.2 Å². The number of ether oxygens (including phenoxy) is 1. The minimum absolute atomic E-state index is 0.516. The molecular formula is C24H20N8O. The van der Waals surface area contributed by atoms with Crippen LogP contribution in [0.1, 0.15) is 0 Å². The summed E-state index contributed by atoms with van der Waals surface area (Å²) >= 11 is 0. The quantitative estimate of drug-likeness (QED) is 0.423. The van der Waals surface area contributed by atoms with Crippen LogP contribution in [0.2, 0.25) is 0 Å². The number of aryl methyl sites for hydroxylation is 1. The maximum Gasteiger partial charge on any atom is 0.188 e. The molecule has 0 fully saturated rings. The van der Waals surface area contributed by atoms with Gasteiger partial charge in [-0.1, -0.05) is 0 Å². The molecule has 5 heterocycles. The van der Waals surface area contributed by atoms with Crippen LogP contribution in [0.15, 0.2) is 79.6 Å². The third-order valence-corrected chi connectivity index (χ3v) is 4.96. The summed E-state index contributed by atoms with van der Waals surface area (Å²) in [6.07, 6.45) is 10.5. The van der Waals surface area contributed by atoms with E-state index in [0.29, 0.717) is 23.1 Å². The van der Waals surface area contributed by atoms with E-state index in [1.807, 2.05) is 55.7 Å². The van der Waals surface area contributed by atoms with Crippen molar-refractivity contribution in [2.24, 2.45) is 7.05 Å². The van der Waals surface area contributed by atoms with Gasteiger partial charge in [0.25, 0.3) is 0 Å². The van der Waals surface area contributed by atoms with Crippen molar-refractivity contribution < 1.29 is 4.74 Å². The molecule has 0 atom stereocenters. The maximum atomic E-state index is 5.79. The molecular weight excluding hydrogens is 416 g/mol. The van der Waals surface area contributed by atoms with Gasteiger partial charge in [-0.05, 0) is 42.5 Å². The third-order valence-electron chi connectivity index (χ3n) is 4.96. The van der Waals surface area contributed by atoms with Gasteiger partial charge in [0.15, 0.2) is 17.4 Å². The fourth-order valence-corrected chi connectivity index (χ4v) is 3.40. The molecule has 0 aromatic carbocycles. The number of methoxy groups -OCH3 is 1. The van der Waals surface area contributed by atoms with Crippen molar-refractivity contribution in [1.82, 2.24) is 34.7 Å². The van der Waals surface area contributed by atoms with Gasteiger partial charge in [-0.25, -0.2) is 9.97 Å². The zero-order valence-electron chi connectivity index (χ0n) is 18.0. The van der Waals surface area contributed by atoms with Gasteiger partial charge in [-0.3, -0.25) is 19.6 Å². The van der Waals surface area contributed by atoms with Crippen LogP contribution in [0, 0.1) is 0 Å². The lowest BCUT2D eigenvalue weighted by atomic mass is 10.1. The van der Waals surface area contributed by atoms with E-state index in [4.69, 9.17) is 14.7 Å². The first-order chi connectivity index (χ1) is 16.2. The minimum Gasteiger partial charge on any atom is -0.491 e. The van der Waals surface area contributed by atoms with Crippen LogP contribution in [0.3, 0.4) is 0 Å². The lowest BCUT2D eigenvalue weighted by Crippen LogP contribution is -2.04. The number of hydrogen-bond donors (Lipinski definition) is 1. The van der Waals surface area contributed by atoms with Crippen molar-refractivity contribution in [3.8, 4) is 39.8 Å². The molecule has 5 aromatic heterocycles. The molecule has 9 nitrogen and oxygen atoms in total. The van der Waals surface area contributed by atoms with Crippen molar-refractivity contribution in [2.45, 2.75) is 0 Å². The number of nitrogens with one attached hydrogen (secondary N) is 1. The van der Waals surface area contributed by atoms with E-state index in [1.54, 1.807) is 42.8 Å². The number of anilines is 2. The second-order valence-corrected chi connectivity index (χ2v) is 7.18. The van der Waals surface area contributed by atoms with Crippen LogP contribution < -0.4 is 10.1 Å². The summed E-state index contributed by atoms with van der Waals surface area (Å²) in [5.74, 6) is 1.60. The summed E-state index contributed by atoms with van der Waals surface area (Å²) in [6, 6.07) is 13.2. The van der Waals surface area contributed by atoms with Crippen LogP contribution in [-0.2, 0) is 7.05 Å². The Kier molecular flexibility index (Phi) is 5.42. The molecule has 0 aliphatic carbocycles. The predicted molar refractivity (Wildman–Crippen MR) is 125 cm³/mol. The number of aromatic nitrogens is 7. The van der Waals surface area contributed by atoms with E-state index in [1.165, 1.54) is 0 Å². The van der Waals surface area contributed by atoms with Gasteiger partial charge in [-0.15, -0.1) is 0 Å². The molecule has 0 saturated heterocycles. The van der Waals surface area contributed by atoms with Crippen LogP contribution >= 0.6 is 0 Å². The summed E-state index contributed by atoms with van der Waals surface area (Å²) in [4.78, 5) is 22.3. The molecule has 5 aromatic rings. The van der Waals surface area contributed by atoms with Crippen molar-refractivity contribution in [2.75, 3.05) is 12.4 Å². The van der Waals surface area contributed by atoms with Gasteiger partial charge in [-0.2, -0.15) is 5.10 Å². The first kappa shape index (κ1) is 20.3. The topological polar surface area (TPSA) is 104 Å². The third kappa shape index (κ3) is 4.24. The highest BCUT2D eigenvalue weighted by Gasteiger charge is 2.19. The number of rotatable bonds is 6. The highest BCUT2D eigenvalue weighted by molar-refractivity contribution is 5.79. The van der Waals surface area contributed by atoms with Crippen LogP contribution in [0.5, 0.6) is 5.75 Å². The molecule has 33 heavy (non-hydrogen) atoms. The van der Waals surface area contributed by atoms with Gasteiger partial charge in [0.1, 0.15) is 11.4 Å². The molecule has 5 rings (SSSR count). The summed E-state index contributed by atoms with van der Waals surface area (Å²) in [6.45, 7) is 0. The summed E-state index contributed by atoms with van der Waals surface area (Å²) < 4.78 is 7.53. The highest BCUT2D eigenvalue weighted by atomic mass is 16.5. The smallest absolute Gasteiger partial charge is 0.188 e. The van der Waals surface area contributed by atoms with Crippen LogP contribution in [0.4, 0.5) is 11.5 Å². The molecule has 1 N–H and O–H groups in total. The first-order valence-electron chi connectivity index (χ1n) is 10.2. The lowest BCUT2D eigenvalue weighted by molar-refractivity contribution is 0.415. The summed E-state index contributed by atoms with van der Waals surface area (Å²) in [5, 5.41) is 7.79.